The van der Waals surface area contributed by atoms with Crippen LogP contribution >= 0.6 is 0 Å². The average Bonchev–Trinajstić information content (AvgIpc) is 2.35. The van der Waals surface area contributed by atoms with Crippen LogP contribution in [0.1, 0.15) is 18.1 Å². The normalized spacial score (nSPS) is 9.47. The summed E-state index contributed by atoms with van der Waals surface area (Å²) in [5, 5.41) is 8.27. The van der Waals surface area contributed by atoms with E-state index in [2.05, 4.69) is 11.4 Å². The lowest BCUT2D eigenvalue weighted by atomic mass is 10.0. The summed E-state index contributed by atoms with van der Waals surface area (Å²) in [6.07, 6.45) is -0.537. The topological polar surface area (TPSA) is 75.6 Å². The van der Waals surface area contributed by atoms with E-state index in [0.29, 0.717) is 5.56 Å². The second kappa shape index (κ2) is 5.69. The van der Waals surface area contributed by atoms with E-state index >= 15 is 0 Å². The number of hydrogen-bond acceptors (Lipinski definition) is 3. The molecular weight excluding hydrogens is 222 g/mol. The first-order valence-electron chi connectivity index (χ1n) is 5.03. The Kier molecular flexibility index (Phi) is 4.28. The van der Waals surface area contributed by atoms with E-state index < -0.39 is 12.1 Å². The molecule has 0 spiro atoms. The van der Waals surface area contributed by atoms with Gasteiger partial charge in [-0.15, -0.1) is 5.48 Å². The van der Waals surface area contributed by atoms with Crippen LogP contribution in [0.5, 0.6) is 0 Å². The number of carboxylic acid groups (broad SMARTS) is 1. The first kappa shape index (κ1) is 12.8. The Morgan fingerprint density at radius 1 is 1.35 bits per heavy atom. The lowest BCUT2D eigenvalue weighted by Gasteiger charge is -2.06. The van der Waals surface area contributed by atoms with Gasteiger partial charge in [0, 0.05) is 0 Å². The molecular formula is C12H13NO4. The molecule has 0 aliphatic heterocycles. The fraction of sp³-hybridized carbons (Fsp3) is 0.167. The predicted molar refractivity (Wildman–Crippen MR) is 62.1 cm³/mol. The molecule has 0 atom stereocenters. The minimum absolute atomic E-state index is 0.0985. The molecule has 0 saturated heterocycles. The fourth-order valence-electron chi connectivity index (χ4n) is 1.21. The maximum atomic E-state index is 11.4. The number of rotatable bonds is 3. The molecule has 0 saturated carbocycles. The van der Waals surface area contributed by atoms with Gasteiger partial charge in [-0.05, 0) is 17.5 Å². The van der Waals surface area contributed by atoms with Crippen LogP contribution in [0, 0.1) is 0 Å². The number of carbonyl (C=O) groups is 2. The largest absolute Gasteiger partial charge is 0.463 e. The Labute approximate surface area is 98.7 Å². The van der Waals surface area contributed by atoms with E-state index in [-0.39, 0.29) is 5.57 Å². The lowest BCUT2D eigenvalue weighted by Crippen LogP contribution is -2.25. The highest BCUT2D eigenvalue weighted by molar-refractivity contribution is 6.15. The molecule has 0 unspecified atom stereocenters. The maximum Gasteiger partial charge on any atom is 0.438 e. The smallest absolute Gasteiger partial charge is 0.438 e. The third-order valence-corrected chi connectivity index (χ3v) is 2.19. The molecule has 1 aromatic carbocycles. The van der Waals surface area contributed by atoms with E-state index in [9.17, 15) is 9.59 Å². The lowest BCUT2D eigenvalue weighted by molar-refractivity contribution is -0.142. The zero-order chi connectivity index (χ0) is 12.8. The van der Waals surface area contributed by atoms with Gasteiger partial charge in [0.2, 0.25) is 0 Å². The van der Waals surface area contributed by atoms with Crippen molar-refractivity contribution in [2.75, 3.05) is 0 Å². The highest BCUT2D eigenvalue weighted by atomic mass is 16.7. The first-order valence-corrected chi connectivity index (χ1v) is 5.03. The quantitative estimate of drug-likeness (QED) is 0.620. The van der Waals surface area contributed by atoms with E-state index in [0.717, 1.165) is 12.0 Å². The van der Waals surface area contributed by atoms with Gasteiger partial charge in [-0.1, -0.05) is 37.8 Å². The van der Waals surface area contributed by atoms with Gasteiger partial charge in [-0.25, -0.2) is 9.59 Å². The van der Waals surface area contributed by atoms with Crippen molar-refractivity contribution < 1.29 is 19.5 Å². The molecule has 90 valence electrons. The van der Waals surface area contributed by atoms with E-state index in [1.165, 1.54) is 5.48 Å². The molecule has 1 aromatic rings. The van der Waals surface area contributed by atoms with Crippen LogP contribution in [0.25, 0.3) is 5.57 Å². The van der Waals surface area contributed by atoms with Gasteiger partial charge < -0.3 is 9.94 Å². The number of amides is 1. The van der Waals surface area contributed by atoms with Gasteiger partial charge >= 0.3 is 12.1 Å². The fourth-order valence-corrected chi connectivity index (χ4v) is 1.21. The molecule has 0 heterocycles. The van der Waals surface area contributed by atoms with Crippen molar-refractivity contribution in [2.24, 2.45) is 0 Å². The molecule has 0 aliphatic rings. The standard InChI is InChI=1S/C12H13NO4/c1-3-9-4-6-10(7-5-9)8(2)11(14)17-13-12(15)16/h4-7,13H,2-3H2,1H3,(H,15,16). The summed E-state index contributed by atoms with van der Waals surface area (Å²) in [6, 6.07) is 7.23. The van der Waals surface area contributed by atoms with Gasteiger partial charge in [0.1, 0.15) is 0 Å². The highest BCUT2D eigenvalue weighted by Crippen LogP contribution is 2.14. The molecule has 2 N–H and O–H groups in total. The van der Waals surface area contributed by atoms with Crippen molar-refractivity contribution in [3.63, 3.8) is 0 Å². The Balaban J connectivity index is 2.68. The van der Waals surface area contributed by atoms with Crippen LogP contribution in [0.15, 0.2) is 30.8 Å². The summed E-state index contributed by atoms with van der Waals surface area (Å²) in [6.45, 7) is 5.57. The van der Waals surface area contributed by atoms with Crippen molar-refractivity contribution in [2.45, 2.75) is 13.3 Å². The van der Waals surface area contributed by atoms with Gasteiger partial charge in [0.25, 0.3) is 0 Å². The Morgan fingerprint density at radius 3 is 2.41 bits per heavy atom. The molecule has 1 amide bonds. The minimum atomic E-state index is -1.44. The van der Waals surface area contributed by atoms with E-state index in [4.69, 9.17) is 5.11 Å². The number of carbonyl (C=O) groups excluding carboxylic acids is 1. The molecule has 0 radical (unpaired) electrons. The molecule has 0 aliphatic carbocycles. The van der Waals surface area contributed by atoms with Crippen LogP contribution in [0.4, 0.5) is 4.79 Å². The van der Waals surface area contributed by atoms with Crippen molar-refractivity contribution in [1.82, 2.24) is 5.48 Å². The molecule has 0 fully saturated rings. The number of benzene rings is 1. The molecule has 5 nitrogen and oxygen atoms in total. The third kappa shape index (κ3) is 3.64. The van der Waals surface area contributed by atoms with Gasteiger partial charge in [0.15, 0.2) is 0 Å². The third-order valence-electron chi connectivity index (χ3n) is 2.19. The highest BCUT2D eigenvalue weighted by Gasteiger charge is 2.12. The van der Waals surface area contributed by atoms with Crippen LogP contribution in [-0.2, 0) is 16.1 Å². The summed E-state index contributed by atoms with van der Waals surface area (Å²) >= 11 is 0. The van der Waals surface area contributed by atoms with Gasteiger partial charge in [0.05, 0.1) is 5.57 Å². The summed E-state index contributed by atoms with van der Waals surface area (Å²) < 4.78 is 0. The van der Waals surface area contributed by atoms with Gasteiger partial charge in [-0.2, -0.15) is 0 Å². The SMILES string of the molecule is C=C(C(=O)ONC(=O)O)c1ccc(CC)cc1. The second-order valence-electron chi connectivity index (χ2n) is 3.33. The van der Waals surface area contributed by atoms with Crippen molar-refractivity contribution in [3.05, 3.63) is 42.0 Å². The Bertz CT molecular complexity index is 436. The van der Waals surface area contributed by atoms with Crippen LogP contribution in [0.3, 0.4) is 0 Å². The molecule has 17 heavy (non-hydrogen) atoms. The molecule has 0 bridgehead atoms. The Hall–Kier alpha value is -2.30. The summed E-state index contributed by atoms with van der Waals surface area (Å²) in [5.74, 6) is -0.823. The monoisotopic (exact) mass is 235 g/mol. The average molecular weight is 235 g/mol. The summed E-state index contributed by atoms with van der Waals surface area (Å²) in [7, 11) is 0. The summed E-state index contributed by atoms with van der Waals surface area (Å²) in [5.41, 5.74) is 3.36. The maximum absolute atomic E-state index is 11.4. The van der Waals surface area contributed by atoms with Crippen LogP contribution < -0.4 is 5.48 Å². The number of hydroxylamine groups is 1. The predicted octanol–water partition coefficient (Wildman–Crippen LogP) is 1.99. The van der Waals surface area contributed by atoms with Crippen LogP contribution in [0.2, 0.25) is 0 Å². The molecule has 5 heteroatoms. The molecule has 1 rings (SSSR count). The number of nitrogens with one attached hydrogen (secondary N) is 1. The molecule has 0 aromatic heterocycles. The van der Waals surface area contributed by atoms with Gasteiger partial charge in [-0.3, -0.25) is 0 Å². The summed E-state index contributed by atoms with van der Waals surface area (Å²) in [4.78, 5) is 25.8. The van der Waals surface area contributed by atoms with Crippen LogP contribution in [-0.4, -0.2) is 17.2 Å². The zero-order valence-corrected chi connectivity index (χ0v) is 9.40. The van der Waals surface area contributed by atoms with Crippen molar-refractivity contribution in [3.8, 4) is 0 Å². The van der Waals surface area contributed by atoms with Crippen molar-refractivity contribution >= 4 is 17.6 Å². The minimum Gasteiger partial charge on any atom is -0.463 e. The number of aryl methyl sites for hydroxylation is 1. The first-order chi connectivity index (χ1) is 8.04. The van der Waals surface area contributed by atoms with E-state index in [1.54, 1.807) is 12.1 Å². The van der Waals surface area contributed by atoms with E-state index in [1.807, 2.05) is 19.1 Å². The number of hydrogen-bond donors (Lipinski definition) is 2. The zero-order valence-electron chi connectivity index (χ0n) is 9.40. The Morgan fingerprint density at radius 2 is 1.94 bits per heavy atom. The second-order valence-corrected chi connectivity index (χ2v) is 3.33. The van der Waals surface area contributed by atoms with Crippen molar-refractivity contribution in [1.29, 1.82) is 0 Å².